The van der Waals surface area contributed by atoms with E-state index in [1.807, 2.05) is 0 Å². The van der Waals surface area contributed by atoms with Gasteiger partial charge in [0.15, 0.2) is 6.33 Å². The summed E-state index contributed by atoms with van der Waals surface area (Å²) in [5, 5.41) is 9.44. The third-order valence-electron chi connectivity index (χ3n) is 0.670. The van der Waals surface area contributed by atoms with Crippen molar-refractivity contribution >= 4 is 10.0 Å². The normalized spacial score (nSPS) is 11.7. The van der Waals surface area contributed by atoms with Gasteiger partial charge in [-0.25, -0.2) is 8.42 Å². The van der Waals surface area contributed by atoms with Gasteiger partial charge in [0.2, 0.25) is 0 Å². The predicted octanol–water partition coefficient (Wildman–Crippen LogP) is -1.52. The maximum Gasteiger partial charge on any atom is 0.253 e. The first-order valence-corrected chi connectivity index (χ1v) is 3.89. The zero-order chi connectivity index (χ0) is 6.91. The molecule has 0 N–H and O–H groups in total. The van der Waals surface area contributed by atoms with E-state index in [4.69, 9.17) is 0 Å². The average Bonchev–Trinajstić information content (AvgIpc) is 2.08. The summed E-state index contributed by atoms with van der Waals surface area (Å²) >= 11 is 0. The highest BCUT2D eigenvalue weighted by atomic mass is 32.2. The second-order valence-electron chi connectivity index (χ2n) is 1.45. The summed E-state index contributed by atoms with van der Waals surface area (Å²) in [5.41, 5.74) is 0. The van der Waals surface area contributed by atoms with Gasteiger partial charge in [-0.15, -0.1) is 9.19 Å². The van der Waals surface area contributed by atoms with E-state index in [0.29, 0.717) is 4.09 Å². The minimum atomic E-state index is -3.28. The molecular formula is C2H4N4O2S. The molecule has 0 unspecified atom stereocenters. The predicted molar refractivity (Wildman–Crippen MR) is 28.1 cm³/mol. The Morgan fingerprint density at radius 3 is 2.44 bits per heavy atom. The first-order valence-electron chi connectivity index (χ1n) is 2.04. The van der Waals surface area contributed by atoms with Gasteiger partial charge in [0.25, 0.3) is 10.0 Å². The van der Waals surface area contributed by atoms with E-state index >= 15 is 0 Å². The molecule has 1 aromatic rings. The lowest BCUT2D eigenvalue weighted by molar-refractivity contribution is 0.583. The minimum Gasteiger partial charge on any atom is -0.205 e. The number of aromatic nitrogens is 4. The summed E-state index contributed by atoms with van der Waals surface area (Å²) in [5.74, 6) is 0. The summed E-state index contributed by atoms with van der Waals surface area (Å²) in [4.78, 5) is 0. The molecule has 0 spiro atoms. The van der Waals surface area contributed by atoms with Crippen LogP contribution in [0.5, 0.6) is 0 Å². The molecule has 0 bridgehead atoms. The van der Waals surface area contributed by atoms with Crippen molar-refractivity contribution in [3.8, 4) is 0 Å². The van der Waals surface area contributed by atoms with Crippen LogP contribution in [0.4, 0.5) is 0 Å². The summed E-state index contributed by atoms with van der Waals surface area (Å²) in [6.45, 7) is 0. The molecule has 1 aromatic heterocycles. The van der Waals surface area contributed by atoms with Crippen molar-refractivity contribution in [2.45, 2.75) is 0 Å². The molecule has 0 aliphatic rings. The molecule has 0 amide bonds. The van der Waals surface area contributed by atoms with E-state index in [1.54, 1.807) is 0 Å². The summed E-state index contributed by atoms with van der Waals surface area (Å²) < 4.78 is 21.7. The van der Waals surface area contributed by atoms with Gasteiger partial charge >= 0.3 is 0 Å². The summed E-state index contributed by atoms with van der Waals surface area (Å²) in [6, 6.07) is 0. The Morgan fingerprint density at radius 1 is 1.56 bits per heavy atom. The van der Waals surface area contributed by atoms with E-state index in [0.717, 1.165) is 12.6 Å². The molecule has 0 radical (unpaired) electrons. The summed E-state index contributed by atoms with van der Waals surface area (Å²) in [6.07, 6.45) is 2.04. The number of nitrogens with zero attached hydrogens (tertiary/aromatic N) is 4. The van der Waals surface area contributed by atoms with Crippen molar-refractivity contribution in [1.82, 2.24) is 19.6 Å². The van der Waals surface area contributed by atoms with Gasteiger partial charge < -0.3 is 0 Å². The molecule has 7 heteroatoms. The van der Waals surface area contributed by atoms with Crippen molar-refractivity contribution in [2.75, 3.05) is 6.26 Å². The first kappa shape index (κ1) is 6.14. The highest BCUT2D eigenvalue weighted by Gasteiger charge is 2.03. The van der Waals surface area contributed by atoms with Crippen LogP contribution in [0.3, 0.4) is 0 Å². The Kier molecular flexibility index (Phi) is 1.20. The van der Waals surface area contributed by atoms with Gasteiger partial charge in [0.1, 0.15) is 0 Å². The van der Waals surface area contributed by atoms with E-state index in [9.17, 15) is 8.42 Å². The second kappa shape index (κ2) is 1.76. The number of hydrogen-bond donors (Lipinski definition) is 0. The fraction of sp³-hybridized carbons (Fsp3) is 0.500. The van der Waals surface area contributed by atoms with Crippen LogP contribution in [0.15, 0.2) is 6.33 Å². The molecule has 0 saturated carbocycles. The highest BCUT2D eigenvalue weighted by molar-refractivity contribution is 7.89. The van der Waals surface area contributed by atoms with Crippen LogP contribution < -0.4 is 0 Å². The van der Waals surface area contributed by atoms with Crippen LogP contribution in [-0.2, 0) is 10.0 Å². The maximum atomic E-state index is 10.5. The van der Waals surface area contributed by atoms with Gasteiger partial charge in [-0.3, -0.25) is 0 Å². The Hall–Kier alpha value is -0.980. The molecule has 0 atom stereocenters. The van der Waals surface area contributed by atoms with Gasteiger partial charge in [0.05, 0.1) is 6.26 Å². The molecule has 0 saturated heterocycles. The van der Waals surface area contributed by atoms with E-state index in [2.05, 4.69) is 15.5 Å². The third-order valence-corrected chi connectivity index (χ3v) is 1.52. The average molecular weight is 148 g/mol. The summed E-state index contributed by atoms with van der Waals surface area (Å²) in [7, 11) is -3.28. The van der Waals surface area contributed by atoms with Crippen molar-refractivity contribution in [1.29, 1.82) is 0 Å². The zero-order valence-corrected chi connectivity index (χ0v) is 5.41. The lowest BCUT2D eigenvalue weighted by Crippen LogP contribution is -2.10. The van der Waals surface area contributed by atoms with Crippen LogP contribution in [0.2, 0.25) is 0 Å². The molecule has 6 nitrogen and oxygen atoms in total. The molecule has 1 rings (SSSR count). The lowest BCUT2D eigenvalue weighted by Gasteiger charge is -1.88. The SMILES string of the molecule is CS(=O)(=O)n1cnnn1. The Labute approximate surface area is 51.5 Å². The van der Waals surface area contributed by atoms with Gasteiger partial charge in [-0.05, 0) is 10.4 Å². The van der Waals surface area contributed by atoms with E-state index in [-0.39, 0.29) is 0 Å². The first-order chi connectivity index (χ1) is 4.11. The van der Waals surface area contributed by atoms with Gasteiger partial charge in [0, 0.05) is 0 Å². The standard InChI is InChI=1S/C2H4N4O2S/c1-9(7,8)6-2-3-4-5-6/h2H,1H3. The Balaban J connectivity index is 3.20. The maximum absolute atomic E-state index is 10.5. The van der Waals surface area contributed by atoms with Crippen molar-refractivity contribution < 1.29 is 8.42 Å². The topological polar surface area (TPSA) is 77.7 Å². The van der Waals surface area contributed by atoms with Crippen molar-refractivity contribution in [3.63, 3.8) is 0 Å². The van der Waals surface area contributed by atoms with E-state index < -0.39 is 10.0 Å². The highest BCUT2D eigenvalue weighted by Crippen LogP contribution is 1.82. The lowest BCUT2D eigenvalue weighted by atomic mass is 11.4. The fourth-order valence-corrected chi connectivity index (χ4v) is 0.684. The van der Waals surface area contributed by atoms with Crippen molar-refractivity contribution in [3.05, 3.63) is 6.33 Å². The number of rotatable bonds is 1. The third kappa shape index (κ3) is 1.22. The largest absolute Gasteiger partial charge is 0.253 e. The number of tetrazole rings is 1. The van der Waals surface area contributed by atoms with Crippen LogP contribution in [-0.4, -0.2) is 34.3 Å². The number of hydrogen-bond acceptors (Lipinski definition) is 5. The molecular weight excluding hydrogens is 144 g/mol. The molecule has 50 valence electrons. The van der Waals surface area contributed by atoms with Crippen LogP contribution in [0.1, 0.15) is 0 Å². The fourth-order valence-electron chi connectivity index (χ4n) is 0.305. The monoisotopic (exact) mass is 148 g/mol. The van der Waals surface area contributed by atoms with Gasteiger partial charge in [-0.2, -0.15) is 0 Å². The van der Waals surface area contributed by atoms with E-state index in [1.165, 1.54) is 0 Å². The Bertz CT molecular complexity index is 274. The molecule has 1 heterocycles. The molecule has 9 heavy (non-hydrogen) atoms. The Morgan fingerprint density at radius 2 is 2.22 bits per heavy atom. The van der Waals surface area contributed by atoms with Crippen molar-refractivity contribution in [2.24, 2.45) is 0 Å². The second-order valence-corrected chi connectivity index (χ2v) is 3.29. The van der Waals surface area contributed by atoms with Crippen LogP contribution >= 0.6 is 0 Å². The molecule has 0 aromatic carbocycles. The molecule has 0 aliphatic carbocycles. The van der Waals surface area contributed by atoms with Crippen LogP contribution in [0.25, 0.3) is 0 Å². The zero-order valence-electron chi connectivity index (χ0n) is 4.59. The molecule has 0 fully saturated rings. The minimum absolute atomic E-state index is 0.688. The quantitative estimate of drug-likeness (QED) is 0.483. The molecule has 0 aliphatic heterocycles. The smallest absolute Gasteiger partial charge is 0.205 e. The van der Waals surface area contributed by atoms with Crippen LogP contribution in [0, 0.1) is 0 Å². The van der Waals surface area contributed by atoms with Gasteiger partial charge in [-0.1, -0.05) is 0 Å².